The highest BCUT2D eigenvalue weighted by Gasteiger charge is 2.40. The summed E-state index contributed by atoms with van der Waals surface area (Å²) in [6.45, 7) is -0.561. The van der Waals surface area contributed by atoms with E-state index in [1.807, 2.05) is 0 Å². The molecule has 2 atom stereocenters. The highest BCUT2D eigenvalue weighted by molar-refractivity contribution is 9.10. The lowest BCUT2D eigenvalue weighted by Gasteiger charge is -2.19. The van der Waals surface area contributed by atoms with Gasteiger partial charge in [0.1, 0.15) is 18.1 Å². The smallest absolute Gasteiger partial charge is 0.475 e. The normalized spacial score (nSPS) is 17.7. The minimum absolute atomic E-state index is 0.115. The number of methoxy groups -OCH3 is 1. The lowest BCUT2D eigenvalue weighted by atomic mass is 10.2. The minimum atomic E-state index is -5.08. The number of aromatic nitrogens is 2. The van der Waals surface area contributed by atoms with Crippen molar-refractivity contribution in [1.29, 1.82) is 0 Å². The van der Waals surface area contributed by atoms with Crippen molar-refractivity contribution >= 4 is 71.7 Å². The van der Waals surface area contributed by atoms with Crippen molar-refractivity contribution in [3.63, 3.8) is 0 Å². The molecule has 1 aliphatic rings. The molecule has 0 saturated carbocycles. The number of carboxylic acid groups (broad SMARTS) is 1. The number of carboxylic acids is 1. The number of anilines is 3. The van der Waals surface area contributed by atoms with Gasteiger partial charge in [0.25, 0.3) is 5.56 Å². The second-order valence-corrected chi connectivity index (χ2v) is 11.2. The number of aliphatic carboxylic acids is 1. The molecule has 3 N–H and O–H groups in total. The SMILES string of the molecule is COC1CN(S(=O)(=O)Nc2ccc(F)c(Nc3ccc4ncn(C)c(=O)c4c3Br)c2Cl)CC1F.O=C(O)C(F)(F)F. The van der Waals surface area contributed by atoms with E-state index in [2.05, 4.69) is 31.0 Å². The molecule has 11 nitrogen and oxygen atoms in total. The van der Waals surface area contributed by atoms with Crippen molar-refractivity contribution in [1.82, 2.24) is 13.9 Å². The average Bonchev–Trinajstić information content (AvgIpc) is 3.28. The molecule has 2 unspecified atom stereocenters. The maximum absolute atomic E-state index is 14.7. The highest BCUT2D eigenvalue weighted by Crippen LogP contribution is 2.38. The summed E-state index contributed by atoms with van der Waals surface area (Å²) in [5, 5.41) is 9.95. The Hall–Kier alpha value is -3.06. The van der Waals surface area contributed by atoms with Crippen LogP contribution >= 0.6 is 27.5 Å². The fourth-order valence-electron chi connectivity index (χ4n) is 3.56. The van der Waals surface area contributed by atoms with E-state index in [0.29, 0.717) is 15.7 Å². The standard InChI is InChI=1S/C20H19BrClF2N5O4S.C2HF3O2/c1-28-9-25-12-5-6-13(17(21)16(12)20(28)30)26-19-10(23)3-4-14(18(19)22)27-34(31,32)29-7-11(24)15(8-29)33-2;3-2(4,5)1(6)7/h3-6,9,11,15,26-27H,7-8H2,1-2H3;(H,6,7). The molecule has 224 valence electrons. The van der Waals surface area contributed by atoms with Crippen LogP contribution < -0.4 is 15.6 Å². The zero-order chi connectivity index (χ0) is 30.9. The van der Waals surface area contributed by atoms with E-state index in [1.165, 1.54) is 18.0 Å². The molecule has 2 heterocycles. The first-order valence-electron chi connectivity index (χ1n) is 11.1. The van der Waals surface area contributed by atoms with E-state index in [-0.39, 0.29) is 40.4 Å². The summed E-state index contributed by atoms with van der Waals surface area (Å²) in [6, 6.07) is 5.34. The van der Waals surface area contributed by atoms with Crippen LogP contribution in [-0.4, -0.2) is 72.0 Å². The fraction of sp³-hybridized carbons (Fsp3) is 0.318. The number of hydrogen-bond acceptors (Lipinski definition) is 7. The molecule has 1 aliphatic heterocycles. The number of rotatable bonds is 6. The van der Waals surface area contributed by atoms with Crippen LogP contribution in [0.3, 0.4) is 0 Å². The number of halogens is 7. The van der Waals surface area contributed by atoms with Crippen molar-refractivity contribution in [2.45, 2.75) is 18.5 Å². The van der Waals surface area contributed by atoms with Gasteiger partial charge < -0.3 is 19.7 Å². The third-order valence-corrected chi connectivity index (χ3v) is 8.34. The predicted octanol–water partition coefficient (Wildman–Crippen LogP) is 4.19. The minimum Gasteiger partial charge on any atom is -0.475 e. The number of benzene rings is 2. The monoisotopic (exact) mass is 691 g/mol. The molecule has 0 radical (unpaired) electrons. The van der Waals surface area contributed by atoms with E-state index in [9.17, 15) is 35.2 Å². The highest BCUT2D eigenvalue weighted by atomic mass is 79.9. The van der Waals surface area contributed by atoms with Gasteiger partial charge in [0.05, 0.1) is 43.8 Å². The van der Waals surface area contributed by atoms with Crippen LogP contribution in [0.2, 0.25) is 5.02 Å². The van der Waals surface area contributed by atoms with Crippen LogP contribution in [0.25, 0.3) is 10.9 Å². The second-order valence-electron chi connectivity index (χ2n) is 8.41. The van der Waals surface area contributed by atoms with Crippen LogP contribution in [0.15, 0.2) is 39.9 Å². The van der Waals surface area contributed by atoms with Crippen molar-refractivity contribution in [3.8, 4) is 0 Å². The molecule has 1 aromatic heterocycles. The molecule has 3 aromatic rings. The number of hydrogen-bond donors (Lipinski definition) is 3. The van der Waals surface area contributed by atoms with Gasteiger partial charge in [-0.15, -0.1) is 0 Å². The molecule has 0 amide bonds. The van der Waals surface area contributed by atoms with Crippen LogP contribution in [0, 0.1) is 5.82 Å². The summed E-state index contributed by atoms with van der Waals surface area (Å²) < 4.78 is 95.7. The zero-order valence-electron chi connectivity index (χ0n) is 20.8. The number of nitrogens with zero attached hydrogens (tertiary/aromatic N) is 3. The lowest BCUT2D eigenvalue weighted by Crippen LogP contribution is -2.35. The molecule has 1 saturated heterocycles. The van der Waals surface area contributed by atoms with E-state index < -0.39 is 40.4 Å². The second kappa shape index (κ2) is 12.4. The van der Waals surface area contributed by atoms with Gasteiger partial charge >= 0.3 is 22.4 Å². The molecular weight excluding hydrogens is 673 g/mol. The molecule has 2 aromatic carbocycles. The molecule has 0 bridgehead atoms. The van der Waals surface area contributed by atoms with E-state index in [1.54, 1.807) is 19.2 Å². The maximum Gasteiger partial charge on any atom is 0.490 e. The third kappa shape index (κ3) is 7.24. The van der Waals surface area contributed by atoms with Crippen molar-refractivity contribution in [3.05, 3.63) is 56.3 Å². The van der Waals surface area contributed by atoms with Gasteiger partial charge in [-0.25, -0.2) is 18.6 Å². The predicted molar refractivity (Wildman–Crippen MR) is 143 cm³/mol. The summed E-state index contributed by atoms with van der Waals surface area (Å²) >= 11 is 9.70. The summed E-state index contributed by atoms with van der Waals surface area (Å²) in [7, 11) is -1.35. The summed E-state index contributed by atoms with van der Waals surface area (Å²) in [5.74, 6) is -3.52. The van der Waals surface area contributed by atoms with Crippen LogP contribution in [0.5, 0.6) is 0 Å². The molecule has 1 fully saturated rings. The van der Waals surface area contributed by atoms with Crippen molar-refractivity contribution in [2.24, 2.45) is 7.05 Å². The van der Waals surface area contributed by atoms with Gasteiger partial charge in [0.2, 0.25) is 0 Å². The first-order chi connectivity index (χ1) is 19.0. The Bertz CT molecular complexity index is 1640. The molecule has 4 rings (SSSR count). The van der Waals surface area contributed by atoms with Gasteiger partial charge in [-0.05, 0) is 40.2 Å². The van der Waals surface area contributed by atoms with Gasteiger partial charge in [0, 0.05) is 27.2 Å². The number of aryl methyl sites for hydroxylation is 1. The lowest BCUT2D eigenvalue weighted by molar-refractivity contribution is -0.192. The Morgan fingerprint density at radius 2 is 1.83 bits per heavy atom. The topological polar surface area (TPSA) is 143 Å². The van der Waals surface area contributed by atoms with E-state index in [0.717, 1.165) is 16.4 Å². The average molecular weight is 693 g/mol. The number of nitrogens with one attached hydrogen (secondary N) is 2. The van der Waals surface area contributed by atoms with Gasteiger partial charge in [0.15, 0.2) is 0 Å². The molecule has 0 aliphatic carbocycles. The Morgan fingerprint density at radius 3 is 2.39 bits per heavy atom. The number of fused-ring (bicyclic) bond motifs is 1. The summed E-state index contributed by atoms with van der Waals surface area (Å²) in [4.78, 5) is 25.6. The number of alkyl halides is 4. The maximum atomic E-state index is 14.7. The van der Waals surface area contributed by atoms with Gasteiger partial charge in [-0.1, -0.05) is 11.6 Å². The molecular formula is C22H20BrClF5N5O6S. The Balaban J connectivity index is 0.000000587. The quantitative estimate of drug-likeness (QED) is 0.327. The summed E-state index contributed by atoms with van der Waals surface area (Å²) in [5.41, 5.74) is 0.0826. The zero-order valence-corrected chi connectivity index (χ0v) is 24.0. The van der Waals surface area contributed by atoms with Gasteiger partial charge in [-0.2, -0.15) is 25.9 Å². The Labute approximate surface area is 242 Å². The van der Waals surface area contributed by atoms with Crippen LogP contribution in [0.1, 0.15) is 0 Å². The first-order valence-corrected chi connectivity index (χ1v) is 13.7. The number of ether oxygens (including phenoxy) is 1. The largest absolute Gasteiger partial charge is 0.490 e. The summed E-state index contributed by atoms with van der Waals surface area (Å²) in [6.07, 6.45) is -6.06. The van der Waals surface area contributed by atoms with E-state index >= 15 is 0 Å². The van der Waals surface area contributed by atoms with Crippen molar-refractivity contribution in [2.75, 3.05) is 30.2 Å². The van der Waals surface area contributed by atoms with E-state index in [4.69, 9.17) is 26.2 Å². The molecule has 41 heavy (non-hydrogen) atoms. The fourth-order valence-corrected chi connectivity index (χ4v) is 5.72. The molecule has 19 heteroatoms. The van der Waals surface area contributed by atoms with Crippen LogP contribution in [-0.2, 0) is 26.8 Å². The first kappa shape index (κ1) is 32.5. The Morgan fingerprint density at radius 1 is 1.22 bits per heavy atom. The van der Waals surface area contributed by atoms with Crippen LogP contribution in [0.4, 0.5) is 39.0 Å². The number of carbonyl (C=O) groups is 1. The third-order valence-electron chi connectivity index (χ3n) is 5.66. The van der Waals surface area contributed by atoms with Crippen molar-refractivity contribution < 1.29 is 45.0 Å². The van der Waals surface area contributed by atoms with Gasteiger partial charge in [-0.3, -0.25) is 9.52 Å². The molecule has 0 spiro atoms. The Kier molecular flexibility index (Phi) is 9.84.